The molecule has 0 saturated heterocycles. The minimum atomic E-state index is -0.238. The minimum Gasteiger partial charge on any atom is -0.352 e. The Kier molecular flexibility index (Phi) is 6.00. The van der Waals surface area contributed by atoms with E-state index in [1.807, 2.05) is 61.5 Å². The number of rotatable bonds is 6. The zero-order chi connectivity index (χ0) is 19.1. The molecule has 3 aromatic carbocycles. The Morgan fingerprint density at radius 2 is 1.44 bits per heavy atom. The average Bonchev–Trinajstić information content (AvgIpc) is 2.70. The van der Waals surface area contributed by atoms with Crippen LogP contribution >= 0.6 is 0 Å². The van der Waals surface area contributed by atoms with Crippen molar-refractivity contribution in [1.29, 1.82) is 0 Å². The van der Waals surface area contributed by atoms with Gasteiger partial charge in [0.25, 0.3) is 11.8 Å². The summed E-state index contributed by atoms with van der Waals surface area (Å²) in [5, 5.41) is 5.74. The first-order chi connectivity index (χ1) is 13.1. The van der Waals surface area contributed by atoms with Crippen LogP contribution in [0.15, 0.2) is 78.9 Å². The highest BCUT2D eigenvalue weighted by atomic mass is 16.2. The van der Waals surface area contributed by atoms with Crippen molar-refractivity contribution in [3.05, 3.63) is 101 Å². The van der Waals surface area contributed by atoms with E-state index in [0.29, 0.717) is 17.7 Å². The zero-order valence-electron chi connectivity index (χ0n) is 15.2. The standard InChI is InChI=1S/C23H22N2O2/c1-17-10-12-21(13-11-17)25-23(27)20-9-5-8-19(16-20)22(26)24-15-14-18-6-3-2-4-7-18/h2-13,16H,14-15H2,1H3,(H,24,26)(H,25,27). The molecule has 2 amide bonds. The minimum absolute atomic E-state index is 0.184. The molecule has 0 fully saturated rings. The molecule has 136 valence electrons. The van der Waals surface area contributed by atoms with E-state index in [1.165, 1.54) is 5.56 Å². The molecule has 27 heavy (non-hydrogen) atoms. The van der Waals surface area contributed by atoms with Gasteiger partial charge in [0.1, 0.15) is 0 Å². The predicted molar refractivity (Wildman–Crippen MR) is 108 cm³/mol. The number of carbonyl (C=O) groups is 2. The van der Waals surface area contributed by atoms with Crippen molar-refractivity contribution in [2.24, 2.45) is 0 Å². The molecule has 0 bridgehead atoms. The molecule has 0 aromatic heterocycles. The van der Waals surface area contributed by atoms with Gasteiger partial charge in [0.2, 0.25) is 0 Å². The summed E-state index contributed by atoms with van der Waals surface area (Å²) in [5.74, 6) is -0.422. The molecule has 3 aromatic rings. The molecule has 4 nitrogen and oxygen atoms in total. The Hall–Kier alpha value is -3.40. The molecule has 0 atom stereocenters. The normalized spacial score (nSPS) is 10.3. The largest absolute Gasteiger partial charge is 0.352 e. The maximum Gasteiger partial charge on any atom is 0.255 e. The van der Waals surface area contributed by atoms with Crippen LogP contribution in [0.2, 0.25) is 0 Å². The second kappa shape index (κ2) is 8.81. The van der Waals surface area contributed by atoms with Crippen LogP contribution in [-0.4, -0.2) is 18.4 Å². The van der Waals surface area contributed by atoms with Crippen molar-refractivity contribution in [2.75, 3.05) is 11.9 Å². The number of anilines is 1. The van der Waals surface area contributed by atoms with Crippen molar-refractivity contribution in [3.8, 4) is 0 Å². The van der Waals surface area contributed by atoms with Gasteiger partial charge in [-0.25, -0.2) is 0 Å². The predicted octanol–water partition coefficient (Wildman–Crippen LogP) is 4.22. The highest BCUT2D eigenvalue weighted by Crippen LogP contribution is 2.12. The third kappa shape index (κ3) is 5.28. The fourth-order valence-corrected chi connectivity index (χ4v) is 2.71. The van der Waals surface area contributed by atoms with E-state index in [0.717, 1.165) is 17.7 Å². The van der Waals surface area contributed by atoms with Crippen molar-refractivity contribution >= 4 is 17.5 Å². The SMILES string of the molecule is Cc1ccc(NC(=O)c2cccc(C(=O)NCCc3ccccc3)c2)cc1. The Bertz CT molecular complexity index is 919. The van der Waals surface area contributed by atoms with Crippen molar-refractivity contribution in [1.82, 2.24) is 5.32 Å². The molecule has 0 spiro atoms. The molecule has 0 radical (unpaired) electrons. The van der Waals surface area contributed by atoms with Crippen molar-refractivity contribution in [3.63, 3.8) is 0 Å². The average molecular weight is 358 g/mol. The van der Waals surface area contributed by atoms with Crippen molar-refractivity contribution in [2.45, 2.75) is 13.3 Å². The molecule has 0 unspecified atom stereocenters. The van der Waals surface area contributed by atoms with Gasteiger partial charge in [-0.15, -0.1) is 0 Å². The Balaban J connectivity index is 1.59. The maximum absolute atomic E-state index is 12.4. The molecule has 0 aliphatic carbocycles. The maximum atomic E-state index is 12.4. The van der Waals surface area contributed by atoms with Gasteiger partial charge in [0, 0.05) is 23.4 Å². The Morgan fingerprint density at radius 3 is 2.15 bits per heavy atom. The molecular formula is C23H22N2O2. The second-order valence-corrected chi connectivity index (χ2v) is 6.39. The molecule has 0 aliphatic heterocycles. The van der Waals surface area contributed by atoms with E-state index in [4.69, 9.17) is 0 Å². The summed E-state index contributed by atoms with van der Waals surface area (Å²) < 4.78 is 0. The number of carbonyl (C=O) groups excluding carboxylic acids is 2. The highest BCUT2D eigenvalue weighted by molar-refractivity contribution is 6.06. The van der Waals surface area contributed by atoms with Gasteiger partial charge in [-0.2, -0.15) is 0 Å². The zero-order valence-corrected chi connectivity index (χ0v) is 15.2. The van der Waals surface area contributed by atoms with Crippen LogP contribution in [0.5, 0.6) is 0 Å². The molecular weight excluding hydrogens is 336 g/mol. The molecule has 0 saturated carbocycles. The van der Waals surface area contributed by atoms with Crippen LogP contribution in [0.1, 0.15) is 31.8 Å². The number of benzene rings is 3. The molecule has 3 rings (SSSR count). The summed E-state index contributed by atoms with van der Waals surface area (Å²) in [6.45, 7) is 2.54. The summed E-state index contributed by atoms with van der Waals surface area (Å²) in [7, 11) is 0. The summed E-state index contributed by atoms with van der Waals surface area (Å²) >= 11 is 0. The first-order valence-electron chi connectivity index (χ1n) is 8.92. The van der Waals surface area contributed by atoms with E-state index in [2.05, 4.69) is 10.6 Å². The van der Waals surface area contributed by atoms with E-state index in [-0.39, 0.29) is 11.8 Å². The quantitative estimate of drug-likeness (QED) is 0.693. The van der Waals surface area contributed by atoms with Crippen LogP contribution in [-0.2, 0) is 6.42 Å². The molecule has 0 heterocycles. The number of hydrogen-bond acceptors (Lipinski definition) is 2. The van der Waals surface area contributed by atoms with Gasteiger partial charge in [-0.3, -0.25) is 9.59 Å². The van der Waals surface area contributed by atoms with Gasteiger partial charge < -0.3 is 10.6 Å². The Labute approximate surface area is 159 Å². The van der Waals surface area contributed by atoms with Gasteiger partial charge >= 0.3 is 0 Å². The summed E-state index contributed by atoms with van der Waals surface area (Å²) in [4.78, 5) is 24.8. The Morgan fingerprint density at radius 1 is 0.778 bits per heavy atom. The van der Waals surface area contributed by atoms with Crippen LogP contribution in [0.25, 0.3) is 0 Å². The number of nitrogens with one attached hydrogen (secondary N) is 2. The third-order valence-corrected chi connectivity index (χ3v) is 4.24. The van der Waals surface area contributed by atoms with Crippen LogP contribution in [0.3, 0.4) is 0 Å². The highest BCUT2D eigenvalue weighted by Gasteiger charge is 2.10. The van der Waals surface area contributed by atoms with E-state index in [9.17, 15) is 9.59 Å². The monoisotopic (exact) mass is 358 g/mol. The van der Waals surface area contributed by atoms with Crippen LogP contribution in [0, 0.1) is 6.92 Å². The van der Waals surface area contributed by atoms with Crippen molar-refractivity contribution < 1.29 is 9.59 Å². The summed E-state index contributed by atoms with van der Waals surface area (Å²) in [6, 6.07) is 24.3. The lowest BCUT2D eigenvalue weighted by molar-refractivity contribution is 0.0954. The summed E-state index contributed by atoms with van der Waals surface area (Å²) in [6.07, 6.45) is 0.764. The van der Waals surface area contributed by atoms with Crippen LogP contribution in [0.4, 0.5) is 5.69 Å². The molecule has 4 heteroatoms. The number of amides is 2. The fourth-order valence-electron chi connectivity index (χ4n) is 2.71. The smallest absolute Gasteiger partial charge is 0.255 e. The van der Waals surface area contributed by atoms with Gasteiger partial charge in [-0.05, 0) is 49.2 Å². The van der Waals surface area contributed by atoms with E-state index in [1.54, 1.807) is 24.3 Å². The third-order valence-electron chi connectivity index (χ3n) is 4.24. The van der Waals surface area contributed by atoms with Gasteiger partial charge in [0.05, 0.1) is 0 Å². The van der Waals surface area contributed by atoms with E-state index < -0.39 is 0 Å². The van der Waals surface area contributed by atoms with E-state index >= 15 is 0 Å². The second-order valence-electron chi connectivity index (χ2n) is 6.39. The lowest BCUT2D eigenvalue weighted by Gasteiger charge is -2.08. The number of hydrogen-bond donors (Lipinski definition) is 2. The lowest BCUT2D eigenvalue weighted by atomic mass is 10.1. The number of aryl methyl sites for hydroxylation is 1. The van der Waals surface area contributed by atoms with Gasteiger partial charge in [0.15, 0.2) is 0 Å². The molecule has 0 aliphatic rings. The first-order valence-corrected chi connectivity index (χ1v) is 8.92. The van der Waals surface area contributed by atoms with Crippen LogP contribution < -0.4 is 10.6 Å². The van der Waals surface area contributed by atoms with Gasteiger partial charge in [-0.1, -0.05) is 54.1 Å². The fraction of sp³-hybridized carbons (Fsp3) is 0.130. The summed E-state index contributed by atoms with van der Waals surface area (Å²) in [5.41, 5.74) is 3.94. The topological polar surface area (TPSA) is 58.2 Å². The lowest BCUT2D eigenvalue weighted by Crippen LogP contribution is -2.26. The first kappa shape index (κ1) is 18.4. The molecule has 2 N–H and O–H groups in total.